The van der Waals surface area contributed by atoms with Gasteiger partial charge < -0.3 is 80.1 Å². The van der Waals surface area contributed by atoms with E-state index in [9.17, 15) is 25.0 Å². The predicted octanol–water partition coefficient (Wildman–Crippen LogP) is 19.9. The van der Waals surface area contributed by atoms with Crippen LogP contribution in [0.4, 0.5) is 50.9 Å². The van der Waals surface area contributed by atoms with Gasteiger partial charge in [0.1, 0.15) is 51.1 Å². The van der Waals surface area contributed by atoms with Crippen LogP contribution < -0.4 is 51.3 Å². The summed E-state index contributed by atoms with van der Waals surface area (Å²) in [5.41, 5.74) is 21.5. The van der Waals surface area contributed by atoms with E-state index in [-0.39, 0.29) is 84.3 Å². The maximum Gasteiger partial charge on any atom is 0.411 e. The predicted molar refractivity (Wildman–Crippen MR) is 600 cm³/mol. The number of carbonyl (C=O) groups is 1. The van der Waals surface area contributed by atoms with Crippen LogP contribution in [0.1, 0.15) is 52.6 Å². The molecule has 6 aliphatic rings. The Kier molecular flexibility index (Phi) is 44.0. The number of ether oxygens (including phenoxy) is 6. The quantitative estimate of drug-likeness (QED) is 0.0230. The largest absolute Gasteiger partial charge is 0.468 e. The normalized spacial score (nSPS) is 14.0. The number of methoxy groups -OCH3 is 5. The van der Waals surface area contributed by atoms with Gasteiger partial charge in [-0.2, -0.15) is 4.98 Å². The lowest BCUT2D eigenvalue weighted by Crippen LogP contribution is -2.57. The fourth-order valence-corrected chi connectivity index (χ4v) is 16.9. The van der Waals surface area contributed by atoms with Crippen molar-refractivity contribution in [3.8, 4) is 6.01 Å². The molecule has 0 spiro atoms. The van der Waals surface area contributed by atoms with Gasteiger partial charge >= 0.3 is 17.9 Å². The van der Waals surface area contributed by atoms with E-state index in [0.29, 0.717) is 41.2 Å². The number of nitro groups is 2. The summed E-state index contributed by atoms with van der Waals surface area (Å²) in [6.45, 7) is 19.1. The van der Waals surface area contributed by atoms with E-state index in [0.717, 1.165) is 199 Å². The molecule has 6 aromatic carbocycles. The number of para-hydroxylation sites is 6. The van der Waals surface area contributed by atoms with Crippen LogP contribution in [0.15, 0.2) is 292 Å². The number of pyridine rings is 10. The van der Waals surface area contributed by atoms with E-state index in [2.05, 4.69) is 189 Å². The standard InChI is InChI=1S/C19H17N5O.C18H16N4O2.C18H18N4.C13H14N2.C12H13N3.C9H6ClN.C8H16N2O2.C5H3ClN2O2.C5H12O4.CH4O.CH4.3ClH/c1-25-19-22-16-7-4-10-20-18(16)24(19)14-11-23(12-14)17-9-8-13-5-2-3-6-15(13)21-17;23-22(24)17-6-3-9-19-16(17)10-13-11-21(12-13)18-8-7-14-4-1-2-5-15(14)20-18;19-15-5-3-9-20-17(15)10-13-11-22(12-13)18-8-7-14-4-1-2-6-16(14)21-18;1-10-8-15(9-10)13-7-6-11-4-2-3-5-12(11)14-13;13-10-7-15(8-10)12-6-5-9-3-1-2-4-11(9)14-12;10-9-6-5-7-3-1-2-4-8(7)11-9;1-8(2,3)12-7(11)10-6-4-9-5-6;6-5-4(8(9)10)2-1-3-7-5;1-6-5(7-2,8-3)9-4;1-2;;;;/h2-10,14H,11-12H2,1H3;1-9,13H,10-12H2;1-9,13H,10-12,19H2;2-7,10H,8-9H2,1H3;1-6,10H,7-8,13H2;1-6H;6,9H,4-5H2,1-3H3,(H,10,11);1-3H;1-4H3;2H,1H3;1H4;3*1H. The SMILES string of the molecule is C.CC(C)(C)OC(=O)NC1CNC1.CC1CN(c2ccc3ccccc3n2)C1.CO.COC(OC)(OC)OC.COc1nc2cccnc2n1C1CN(c2ccc3ccccc3n2)C1.Cl.Cl.Cl.Clc1ccc2ccccc2n1.NC1CN(c2ccc3ccccc3n2)C1.Nc1cccnc1CC1CN(c2ccc3ccccc3n2)C1.O=[N+]([O-])c1cccnc1CC1CN(c2ccc3ccccc3n2)C1.O=[N+]([O-])c1cccnc1Cl. The number of rotatable bonds is 18. The van der Waals surface area contributed by atoms with Crippen molar-refractivity contribution in [2.45, 2.75) is 77.8 Å². The van der Waals surface area contributed by atoms with E-state index in [1.807, 2.05) is 166 Å². The van der Waals surface area contributed by atoms with E-state index >= 15 is 0 Å². The number of imidazole rings is 1. The van der Waals surface area contributed by atoms with E-state index in [1.165, 1.54) is 69.0 Å². The highest BCUT2D eigenvalue weighted by Crippen LogP contribution is 2.36. The van der Waals surface area contributed by atoms with Crippen LogP contribution in [-0.4, -0.2) is 225 Å². The molecular weight excluding hydrogens is 2000 g/mol. The van der Waals surface area contributed by atoms with Crippen molar-refractivity contribution in [1.29, 1.82) is 0 Å². The van der Waals surface area contributed by atoms with Crippen LogP contribution in [0.2, 0.25) is 10.3 Å². The molecule has 17 aromatic rings. The fraction of sp³-hybridized carbons (Fsp3) is 0.303. The third-order valence-corrected chi connectivity index (χ3v) is 24.7. The van der Waals surface area contributed by atoms with Crippen LogP contribution in [0, 0.1) is 38.0 Å². The Labute approximate surface area is 894 Å². The highest BCUT2D eigenvalue weighted by atomic mass is 35.5. The zero-order valence-corrected chi connectivity index (χ0v) is 87.6. The number of hydrogen-bond donors (Lipinski definition) is 5. The first-order chi connectivity index (χ1) is 70.3. The summed E-state index contributed by atoms with van der Waals surface area (Å²) in [5.74, 6) is 6.97. The average molecular weight is 2130 g/mol. The van der Waals surface area contributed by atoms with Gasteiger partial charge in [-0.25, -0.2) is 44.7 Å². The number of aliphatic hydroxyl groups is 1. The third-order valence-electron chi connectivity index (χ3n) is 24.2. The summed E-state index contributed by atoms with van der Waals surface area (Å²) < 4.78 is 31.5. The first-order valence-corrected chi connectivity index (χ1v) is 48.1. The lowest BCUT2D eigenvalue weighted by atomic mass is 9.94. The fourth-order valence-electron chi connectivity index (χ4n) is 16.5. The van der Waals surface area contributed by atoms with E-state index in [4.69, 9.17) is 78.2 Å². The molecule has 0 radical (unpaired) electrons. The van der Waals surface area contributed by atoms with Crippen LogP contribution in [0.5, 0.6) is 6.01 Å². The highest BCUT2D eigenvalue weighted by molar-refractivity contribution is 6.31. The van der Waals surface area contributed by atoms with Crippen LogP contribution in [0.3, 0.4) is 0 Å². The molecule has 784 valence electrons. The van der Waals surface area contributed by atoms with E-state index in [1.54, 1.807) is 31.6 Å². The number of alkyl carbamates (subject to hydrolysis) is 1. The molecule has 11 aromatic heterocycles. The summed E-state index contributed by atoms with van der Waals surface area (Å²) in [7, 11) is 8.36. The second-order valence-corrected chi connectivity index (χ2v) is 36.5. The van der Waals surface area contributed by atoms with E-state index < -0.39 is 16.7 Å². The Morgan fingerprint density at radius 2 is 0.779 bits per heavy atom. The minimum Gasteiger partial charge on any atom is -0.468 e. The summed E-state index contributed by atoms with van der Waals surface area (Å²) in [5, 5.41) is 41.4. The minimum absolute atomic E-state index is 0. The van der Waals surface area contributed by atoms with Crippen LogP contribution in [0.25, 0.3) is 76.6 Å². The summed E-state index contributed by atoms with van der Waals surface area (Å²) in [6, 6.07) is 88.5. The van der Waals surface area contributed by atoms with Gasteiger partial charge in [-0.3, -0.25) is 34.8 Å². The van der Waals surface area contributed by atoms with Crippen molar-refractivity contribution in [2.75, 3.05) is 151 Å². The van der Waals surface area contributed by atoms with Crippen molar-refractivity contribution in [1.82, 2.24) is 70.0 Å². The number of nitrogens with zero attached hydrogens (tertiary/aromatic N) is 19. The van der Waals surface area contributed by atoms with Gasteiger partial charge in [0.2, 0.25) is 5.15 Å². The number of carbonyl (C=O) groups excluding carboxylic acids is 1. The molecule has 7 N–H and O–H groups in total. The Morgan fingerprint density at radius 3 is 1.13 bits per heavy atom. The molecular formula is C109H126Cl5N23O12. The maximum atomic E-state index is 11.1. The van der Waals surface area contributed by atoms with Gasteiger partial charge in [-0.05, 0) is 191 Å². The number of aliphatic hydroxyl groups excluding tert-OH is 1. The summed E-state index contributed by atoms with van der Waals surface area (Å²) in [4.78, 5) is 91.3. The van der Waals surface area contributed by atoms with Crippen molar-refractivity contribution in [3.05, 3.63) is 334 Å². The molecule has 1 amide bonds. The first kappa shape index (κ1) is 117. The smallest absolute Gasteiger partial charge is 0.411 e. The monoisotopic (exact) mass is 2120 g/mol. The molecule has 6 aliphatic heterocycles. The number of nitrogen functional groups attached to an aromatic ring is 1. The Morgan fingerprint density at radius 1 is 0.436 bits per heavy atom. The molecule has 6 saturated heterocycles. The molecule has 0 saturated carbocycles. The van der Waals surface area contributed by atoms with Gasteiger partial charge in [-0.15, -0.1) is 37.2 Å². The molecule has 0 unspecified atom stereocenters. The van der Waals surface area contributed by atoms with Crippen molar-refractivity contribution >= 4 is 189 Å². The first-order valence-electron chi connectivity index (χ1n) is 47.3. The molecule has 149 heavy (non-hydrogen) atoms. The second-order valence-electron chi connectivity index (χ2n) is 35.8. The lowest BCUT2D eigenvalue weighted by molar-refractivity contribution is -0.472. The molecule has 0 aliphatic carbocycles. The van der Waals surface area contributed by atoms with Crippen LogP contribution >= 0.6 is 60.4 Å². The molecule has 0 bridgehead atoms. The molecule has 6 fully saturated rings. The van der Waals surface area contributed by atoms with Gasteiger partial charge in [0.25, 0.3) is 11.7 Å². The molecule has 40 heteroatoms. The number of fused-ring (bicyclic) bond motifs is 7. The summed E-state index contributed by atoms with van der Waals surface area (Å²) in [6.07, 6.45) is 6.53. The number of amides is 1. The highest BCUT2D eigenvalue weighted by Gasteiger charge is 2.36. The Bertz CT molecular complexity index is 7070. The maximum absolute atomic E-state index is 11.1. The summed E-state index contributed by atoms with van der Waals surface area (Å²) >= 11 is 11.1. The second kappa shape index (κ2) is 56.2. The zero-order valence-electron chi connectivity index (χ0n) is 83.6. The number of hydrogen-bond acceptors (Lipinski definition) is 31. The topological polar surface area (TPSA) is 418 Å². The van der Waals surface area contributed by atoms with Crippen molar-refractivity contribution < 1.29 is 48.2 Å². The molecule has 23 rings (SSSR count). The third kappa shape index (κ3) is 31.6. The van der Waals surface area contributed by atoms with Gasteiger partial charge in [0, 0.05) is 196 Å². The number of aromatic nitrogens is 12. The van der Waals surface area contributed by atoms with Gasteiger partial charge in [0.15, 0.2) is 5.65 Å². The van der Waals surface area contributed by atoms with Crippen molar-refractivity contribution in [3.63, 3.8) is 0 Å². The lowest BCUT2D eigenvalue weighted by Gasteiger charge is -2.41. The number of nitrogens with one attached hydrogen (secondary N) is 2. The average Bonchev–Trinajstić information content (AvgIpc) is 1.62. The number of halogens is 5. The minimum atomic E-state index is -1.33. The Balaban J connectivity index is 0.000000174. The number of benzene rings is 6. The zero-order chi connectivity index (χ0) is 103. The molecule has 0 atom stereocenters. The van der Waals surface area contributed by atoms with Gasteiger partial charge in [-0.1, -0.05) is 147 Å². The molecule has 17 heterocycles. The van der Waals surface area contributed by atoms with Crippen LogP contribution in [-0.2, 0) is 36.5 Å². The van der Waals surface area contributed by atoms with Gasteiger partial charge in [0.05, 0.1) is 73.5 Å². The van der Waals surface area contributed by atoms with Crippen molar-refractivity contribution in [2.24, 2.45) is 23.5 Å². The number of anilines is 6. The Hall–Kier alpha value is -14.3. The molecule has 35 nitrogen and oxygen atoms in total. The number of nitrogens with two attached hydrogens (primary N) is 2.